The van der Waals surface area contributed by atoms with E-state index in [1.54, 1.807) is 31.2 Å². The second-order valence-corrected chi connectivity index (χ2v) is 5.51. The van der Waals surface area contributed by atoms with Crippen LogP contribution in [0.2, 0.25) is 0 Å². The maximum atomic E-state index is 12.4. The van der Waals surface area contributed by atoms with Crippen LogP contribution in [0.4, 0.5) is 17.3 Å². The van der Waals surface area contributed by atoms with Crippen LogP contribution >= 0.6 is 0 Å². The SMILES string of the molecule is CCOC(=O)c1ccc(NC(=O)c2ccnc(Nc3ccccc3)n2)cc1. The van der Waals surface area contributed by atoms with Crippen molar-refractivity contribution >= 4 is 29.2 Å². The van der Waals surface area contributed by atoms with E-state index in [9.17, 15) is 9.59 Å². The molecule has 3 rings (SSSR count). The lowest BCUT2D eigenvalue weighted by Crippen LogP contribution is -2.15. The Hall–Kier alpha value is -3.74. The number of hydrogen-bond donors (Lipinski definition) is 2. The van der Waals surface area contributed by atoms with Gasteiger partial charge in [0.1, 0.15) is 5.69 Å². The minimum Gasteiger partial charge on any atom is -0.462 e. The highest BCUT2D eigenvalue weighted by Crippen LogP contribution is 2.14. The third kappa shape index (κ3) is 4.88. The Bertz CT molecular complexity index is 927. The summed E-state index contributed by atoms with van der Waals surface area (Å²) in [5, 5.41) is 5.78. The van der Waals surface area contributed by atoms with Crippen LogP contribution in [-0.2, 0) is 4.74 Å². The summed E-state index contributed by atoms with van der Waals surface area (Å²) in [7, 11) is 0. The molecular formula is C20H18N4O3. The molecule has 1 heterocycles. The van der Waals surface area contributed by atoms with Gasteiger partial charge in [0, 0.05) is 17.6 Å². The van der Waals surface area contributed by atoms with Crippen LogP contribution in [0.15, 0.2) is 66.9 Å². The molecule has 0 fully saturated rings. The molecule has 0 radical (unpaired) electrons. The van der Waals surface area contributed by atoms with Gasteiger partial charge in [-0.1, -0.05) is 18.2 Å². The molecule has 0 aliphatic rings. The van der Waals surface area contributed by atoms with E-state index in [0.29, 0.717) is 23.8 Å². The van der Waals surface area contributed by atoms with Gasteiger partial charge in [0.2, 0.25) is 5.95 Å². The van der Waals surface area contributed by atoms with Crippen molar-refractivity contribution in [1.29, 1.82) is 0 Å². The Kier molecular flexibility index (Phi) is 5.73. The number of esters is 1. The second kappa shape index (κ2) is 8.57. The van der Waals surface area contributed by atoms with Crippen molar-refractivity contribution in [2.75, 3.05) is 17.2 Å². The maximum absolute atomic E-state index is 12.4. The van der Waals surface area contributed by atoms with Gasteiger partial charge in [-0.05, 0) is 49.4 Å². The summed E-state index contributed by atoms with van der Waals surface area (Å²) in [5.74, 6) is -0.452. The van der Waals surface area contributed by atoms with Crippen molar-refractivity contribution in [1.82, 2.24) is 9.97 Å². The molecule has 7 nitrogen and oxygen atoms in total. The summed E-state index contributed by atoms with van der Waals surface area (Å²) in [4.78, 5) is 32.4. The molecule has 1 amide bonds. The first-order chi connectivity index (χ1) is 13.2. The number of rotatable bonds is 6. The summed E-state index contributed by atoms with van der Waals surface area (Å²) >= 11 is 0. The highest BCUT2D eigenvalue weighted by atomic mass is 16.5. The van der Waals surface area contributed by atoms with E-state index in [1.165, 1.54) is 12.3 Å². The molecule has 0 saturated heterocycles. The third-order valence-electron chi connectivity index (χ3n) is 3.57. The normalized spacial score (nSPS) is 10.1. The Morgan fingerprint density at radius 2 is 1.70 bits per heavy atom. The molecule has 2 aromatic carbocycles. The van der Waals surface area contributed by atoms with E-state index >= 15 is 0 Å². The highest BCUT2D eigenvalue weighted by molar-refractivity contribution is 6.03. The van der Waals surface area contributed by atoms with Gasteiger partial charge in [-0.15, -0.1) is 0 Å². The monoisotopic (exact) mass is 362 g/mol. The predicted molar refractivity (Wildman–Crippen MR) is 102 cm³/mol. The van der Waals surface area contributed by atoms with E-state index < -0.39 is 5.97 Å². The zero-order valence-corrected chi connectivity index (χ0v) is 14.7. The van der Waals surface area contributed by atoms with Crippen LogP contribution in [-0.4, -0.2) is 28.5 Å². The van der Waals surface area contributed by atoms with Crippen molar-refractivity contribution < 1.29 is 14.3 Å². The Labute approximate surface area is 156 Å². The summed E-state index contributed by atoms with van der Waals surface area (Å²) in [5.41, 5.74) is 2.01. The number of aromatic nitrogens is 2. The standard InChI is InChI=1S/C20H18N4O3/c1-2-27-19(26)14-8-10-16(11-9-14)22-18(25)17-12-13-21-20(24-17)23-15-6-4-3-5-7-15/h3-13H,2H2,1H3,(H,22,25)(H,21,23,24). The van der Waals surface area contributed by atoms with Crippen LogP contribution in [0.1, 0.15) is 27.8 Å². The number of carbonyl (C=O) groups is 2. The summed E-state index contributed by atoms with van der Waals surface area (Å²) in [6.07, 6.45) is 1.51. The lowest BCUT2D eigenvalue weighted by atomic mass is 10.2. The average Bonchev–Trinajstić information content (AvgIpc) is 2.70. The van der Waals surface area contributed by atoms with E-state index in [2.05, 4.69) is 20.6 Å². The van der Waals surface area contributed by atoms with Gasteiger partial charge in [0.25, 0.3) is 5.91 Å². The molecule has 0 spiro atoms. The van der Waals surface area contributed by atoms with Crippen molar-refractivity contribution in [3.8, 4) is 0 Å². The van der Waals surface area contributed by atoms with Crippen molar-refractivity contribution in [2.24, 2.45) is 0 Å². The number of nitrogens with zero attached hydrogens (tertiary/aromatic N) is 2. The first kappa shape index (κ1) is 18.1. The second-order valence-electron chi connectivity index (χ2n) is 5.51. The Balaban J connectivity index is 1.67. The van der Waals surface area contributed by atoms with Gasteiger partial charge in [-0.3, -0.25) is 4.79 Å². The van der Waals surface area contributed by atoms with Gasteiger partial charge in [-0.25, -0.2) is 14.8 Å². The molecule has 3 aromatic rings. The molecule has 1 aromatic heterocycles. The van der Waals surface area contributed by atoms with Crippen LogP contribution in [0.5, 0.6) is 0 Å². The van der Waals surface area contributed by atoms with E-state index in [4.69, 9.17) is 4.74 Å². The number of benzene rings is 2. The minimum absolute atomic E-state index is 0.220. The van der Waals surface area contributed by atoms with Gasteiger partial charge in [0.05, 0.1) is 12.2 Å². The minimum atomic E-state index is -0.400. The number of amides is 1. The first-order valence-corrected chi connectivity index (χ1v) is 8.39. The number of ether oxygens (including phenoxy) is 1. The molecule has 136 valence electrons. The summed E-state index contributed by atoms with van der Waals surface area (Å²) in [6, 6.07) is 17.4. The van der Waals surface area contributed by atoms with E-state index in [0.717, 1.165) is 5.69 Å². The number of anilines is 3. The van der Waals surface area contributed by atoms with E-state index in [-0.39, 0.29) is 11.6 Å². The molecular weight excluding hydrogens is 344 g/mol. The fourth-order valence-corrected chi connectivity index (χ4v) is 2.30. The Morgan fingerprint density at radius 3 is 2.41 bits per heavy atom. The molecule has 0 saturated carbocycles. The van der Waals surface area contributed by atoms with Crippen molar-refractivity contribution in [3.05, 3.63) is 78.1 Å². The zero-order chi connectivity index (χ0) is 19.1. The smallest absolute Gasteiger partial charge is 0.338 e. The van der Waals surface area contributed by atoms with Crippen LogP contribution in [0, 0.1) is 0 Å². The topological polar surface area (TPSA) is 93.2 Å². The van der Waals surface area contributed by atoms with Crippen LogP contribution in [0.3, 0.4) is 0 Å². The Morgan fingerprint density at radius 1 is 0.963 bits per heavy atom. The number of nitrogens with one attached hydrogen (secondary N) is 2. The fraction of sp³-hybridized carbons (Fsp3) is 0.100. The average molecular weight is 362 g/mol. The van der Waals surface area contributed by atoms with Crippen LogP contribution < -0.4 is 10.6 Å². The fourth-order valence-electron chi connectivity index (χ4n) is 2.30. The molecule has 0 aliphatic carbocycles. The third-order valence-corrected chi connectivity index (χ3v) is 3.57. The molecule has 0 atom stereocenters. The summed E-state index contributed by atoms with van der Waals surface area (Å²) in [6.45, 7) is 2.06. The zero-order valence-electron chi connectivity index (χ0n) is 14.7. The quantitative estimate of drug-likeness (QED) is 0.650. The number of carbonyl (C=O) groups excluding carboxylic acids is 2. The number of para-hydroxylation sites is 1. The predicted octanol–water partition coefficient (Wildman–Crippen LogP) is 3.65. The maximum Gasteiger partial charge on any atom is 0.338 e. The largest absolute Gasteiger partial charge is 0.462 e. The lowest BCUT2D eigenvalue weighted by molar-refractivity contribution is 0.0526. The van der Waals surface area contributed by atoms with Gasteiger partial charge in [-0.2, -0.15) is 0 Å². The van der Waals surface area contributed by atoms with Gasteiger partial charge in [0.15, 0.2) is 0 Å². The molecule has 0 bridgehead atoms. The van der Waals surface area contributed by atoms with Crippen LogP contribution in [0.25, 0.3) is 0 Å². The van der Waals surface area contributed by atoms with Gasteiger partial charge < -0.3 is 15.4 Å². The molecule has 27 heavy (non-hydrogen) atoms. The molecule has 0 aliphatic heterocycles. The molecule has 7 heteroatoms. The molecule has 2 N–H and O–H groups in total. The van der Waals surface area contributed by atoms with Crippen molar-refractivity contribution in [2.45, 2.75) is 6.92 Å². The highest BCUT2D eigenvalue weighted by Gasteiger charge is 2.11. The van der Waals surface area contributed by atoms with Gasteiger partial charge >= 0.3 is 5.97 Å². The molecule has 0 unspecified atom stereocenters. The lowest BCUT2D eigenvalue weighted by Gasteiger charge is -2.08. The first-order valence-electron chi connectivity index (χ1n) is 8.39. The summed E-state index contributed by atoms with van der Waals surface area (Å²) < 4.78 is 4.93. The van der Waals surface area contributed by atoms with E-state index in [1.807, 2.05) is 30.3 Å². The van der Waals surface area contributed by atoms with Crippen molar-refractivity contribution in [3.63, 3.8) is 0 Å². The number of hydrogen-bond acceptors (Lipinski definition) is 6.